The second-order valence-electron chi connectivity index (χ2n) is 5.03. The molecule has 2 aromatic rings. The highest BCUT2D eigenvalue weighted by Crippen LogP contribution is 2.41. The fourth-order valence-electron chi connectivity index (χ4n) is 2.12. The molecule has 5 N–H and O–H groups in total. The monoisotopic (exact) mass is 378 g/mol. The van der Waals surface area contributed by atoms with E-state index in [1.54, 1.807) is 6.07 Å². The van der Waals surface area contributed by atoms with Crippen LogP contribution < -0.4 is 5.73 Å². The molecule has 1 aromatic heterocycles. The first-order chi connectivity index (χ1) is 10.6. The van der Waals surface area contributed by atoms with Crippen LogP contribution in [0.4, 0.5) is 0 Å². The van der Waals surface area contributed by atoms with E-state index in [2.05, 4.69) is 4.98 Å². The van der Waals surface area contributed by atoms with Crippen molar-refractivity contribution in [2.24, 2.45) is 5.73 Å². The zero-order chi connectivity index (χ0) is 17.4. The van der Waals surface area contributed by atoms with Gasteiger partial charge in [-0.2, -0.15) is 0 Å². The van der Waals surface area contributed by atoms with E-state index in [-0.39, 0.29) is 22.7 Å². The largest absolute Gasteiger partial charge is 0.480 e. The van der Waals surface area contributed by atoms with Gasteiger partial charge in [0.25, 0.3) is 0 Å². The third-order valence-corrected chi connectivity index (χ3v) is 4.37. The number of pyridine rings is 1. The minimum Gasteiger partial charge on any atom is -0.480 e. The first-order valence-electron chi connectivity index (χ1n) is 6.37. The highest BCUT2D eigenvalue weighted by Gasteiger charge is 2.22. The van der Waals surface area contributed by atoms with E-state index in [9.17, 15) is 19.1 Å². The van der Waals surface area contributed by atoms with E-state index in [1.807, 2.05) is 0 Å². The summed E-state index contributed by atoms with van der Waals surface area (Å²) in [6.45, 7) is 0. The van der Waals surface area contributed by atoms with Crippen LogP contribution in [0.1, 0.15) is 11.3 Å². The van der Waals surface area contributed by atoms with E-state index in [0.717, 1.165) is 0 Å². The van der Waals surface area contributed by atoms with E-state index in [1.165, 1.54) is 12.1 Å². The molecule has 1 atom stereocenters. The van der Waals surface area contributed by atoms with E-state index in [0.29, 0.717) is 15.9 Å². The molecule has 0 saturated heterocycles. The molecule has 0 spiro atoms. The second kappa shape index (κ2) is 6.73. The SMILES string of the molecule is N[C@H](Cc1nc2c(Cl)cc(Cl)cc2cc1CP(=O)(O)O)C(=O)O. The predicted molar refractivity (Wildman–Crippen MR) is 86.8 cm³/mol. The number of carboxylic acids is 1. The van der Waals surface area contributed by atoms with Crippen molar-refractivity contribution in [3.8, 4) is 0 Å². The van der Waals surface area contributed by atoms with Crippen LogP contribution in [0, 0.1) is 0 Å². The van der Waals surface area contributed by atoms with Crippen LogP contribution in [0.25, 0.3) is 10.9 Å². The third kappa shape index (κ3) is 4.64. The van der Waals surface area contributed by atoms with Gasteiger partial charge in [0, 0.05) is 22.5 Å². The molecule has 0 aliphatic heterocycles. The molecule has 0 radical (unpaired) electrons. The summed E-state index contributed by atoms with van der Waals surface area (Å²) in [6.07, 6.45) is -0.763. The summed E-state index contributed by atoms with van der Waals surface area (Å²) in [5.41, 5.74) is 6.25. The normalized spacial score (nSPS) is 13.3. The van der Waals surface area contributed by atoms with Gasteiger partial charge in [-0.25, -0.2) is 0 Å². The standard InChI is InChI=1S/C13H13Cl2N2O5P/c14-8-2-6-1-7(5-23(20,21)22)11(4-10(16)13(18)19)17-12(6)9(15)3-8/h1-3,10H,4-5,16H2,(H,18,19)(H2,20,21,22)/t10-/m1/s1. The molecule has 0 bridgehead atoms. The zero-order valence-electron chi connectivity index (χ0n) is 11.6. The molecule has 23 heavy (non-hydrogen) atoms. The third-order valence-electron chi connectivity index (χ3n) is 3.11. The molecule has 2 rings (SSSR count). The Morgan fingerprint density at radius 1 is 1.30 bits per heavy atom. The number of benzene rings is 1. The number of nitrogens with zero attached hydrogens (tertiary/aromatic N) is 1. The number of aliphatic carboxylic acids is 1. The van der Waals surface area contributed by atoms with Gasteiger partial charge in [0.15, 0.2) is 0 Å². The van der Waals surface area contributed by atoms with Crippen molar-refractivity contribution in [2.45, 2.75) is 18.6 Å². The number of rotatable bonds is 5. The van der Waals surface area contributed by atoms with Crippen LogP contribution in [0.2, 0.25) is 10.0 Å². The average Bonchev–Trinajstić information content (AvgIpc) is 2.38. The number of nitrogens with two attached hydrogens (primary N) is 1. The van der Waals surface area contributed by atoms with E-state index >= 15 is 0 Å². The van der Waals surface area contributed by atoms with Crippen LogP contribution in [0.3, 0.4) is 0 Å². The minimum atomic E-state index is -4.38. The summed E-state index contributed by atoms with van der Waals surface area (Å²) in [7, 11) is -4.38. The summed E-state index contributed by atoms with van der Waals surface area (Å²) in [4.78, 5) is 33.6. The number of fused-ring (bicyclic) bond motifs is 1. The van der Waals surface area contributed by atoms with Gasteiger partial charge in [-0.1, -0.05) is 23.2 Å². The quantitative estimate of drug-likeness (QED) is 0.585. The Kier molecular flexibility index (Phi) is 5.30. The molecule has 0 aliphatic rings. The van der Waals surface area contributed by atoms with E-state index < -0.39 is 25.8 Å². The van der Waals surface area contributed by atoms with Crippen molar-refractivity contribution in [3.05, 3.63) is 39.5 Å². The van der Waals surface area contributed by atoms with Crippen LogP contribution >= 0.6 is 30.8 Å². The van der Waals surface area contributed by atoms with Crippen LogP contribution in [0.5, 0.6) is 0 Å². The lowest BCUT2D eigenvalue weighted by Gasteiger charge is -2.14. The number of hydrogen-bond acceptors (Lipinski definition) is 4. The predicted octanol–water partition coefficient (Wildman–Crippen LogP) is 2.17. The van der Waals surface area contributed by atoms with Crippen molar-refractivity contribution in [1.29, 1.82) is 0 Å². The number of aromatic nitrogens is 1. The van der Waals surface area contributed by atoms with Gasteiger partial charge in [-0.05, 0) is 23.8 Å². The number of hydrogen-bond donors (Lipinski definition) is 4. The van der Waals surface area contributed by atoms with Crippen molar-refractivity contribution < 1.29 is 24.3 Å². The fraction of sp³-hybridized carbons (Fsp3) is 0.231. The molecule has 0 saturated carbocycles. The Labute approximate surface area is 141 Å². The highest BCUT2D eigenvalue weighted by molar-refractivity contribution is 7.50. The van der Waals surface area contributed by atoms with Gasteiger partial charge in [-0.3, -0.25) is 14.3 Å². The Morgan fingerprint density at radius 3 is 2.52 bits per heavy atom. The maximum absolute atomic E-state index is 11.3. The molecular weight excluding hydrogens is 366 g/mol. The van der Waals surface area contributed by atoms with Gasteiger partial charge >= 0.3 is 13.6 Å². The van der Waals surface area contributed by atoms with Crippen molar-refractivity contribution >= 4 is 47.7 Å². The number of halogens is 2. The van der Waals surface area contributed by atoms with Crippen LogP contribution in [0.15, 0.2) is 18.2 Å². The van der Waals surface area contributed by atoms with Crippen LogP contribution in [-0.4, -0.2) is 31.9 Å². The molecule has 0 fully saturated rings. The maximum atomic E-state index is 11.3. The summed E-state index contributed by atoms with van der Waals surface area (Å²) in [5, 5.41) is 10.0. The molecule has 124 valence electrons. The first-order valence-corrected chi connectivity index (χ1v) is 8.92. The van der Waals surface area contributed by atoms with E-state index in [4.69, 9.17) is 34.0 Å². The summed E-state index contributed by atoms with van der Waals surface area (Å²) in [5.74, 6) is -1.24. The summed E-state index contributed by atoms with van der Waals surface area (Å²) < 4.78 is 11.3. The lowest BCUT2D eigenvalue weighted by Crippen LogP contribution is -2.33. The molecule has 10 heteroatoms. The van der Waals surface area contributed by atoms with Crippen molar-refractivity contribution in [1.82, 2.24) is 4.98 Å². The molecular formula is C13H13Cl2N2O5P. The zero-order valence-corrected chi connectivity index (χ0v) is 14.0. The Bertz CT molecular complexity index is 824. The summed E-state index contributed by atoms with van der Waals surface area (Å²) in [6, 6.07) is 3.27. The highest BCUT2D eigenvalue weighted by atomic mass is 35.5. The average molecular weight is 379 g/mol. The topological polar surface area (TPSA) is 134 Å². The summed E-state index contributed by atoms with van der Waals surface area (Å²) >= 11 is 12.0. The van der Waals surface area contributed by atoms with Gasteiger partial charge in [-0.15, -0.1) is 0 Å². The molecule has 0 amide bonds. The second-order valence-corrected chi connectivity index (χ2v) is 7.51. The Hall–Kier alpha value is -1.21. The molecule has 7 nitrogen and oxygen atoms in total. The number of carbonyl (C=O) groups is 1. The molecule has 1 aromatic carbocycles. The smallest absolute Gasteiger partial charge is 0.329 e. The van der Waals surface area contributed by atoms with Crippen molar-refractivity contribution in [3.63, 3.8) is 0 Å². The number of carboxylic acid groups (broad SMARTS) is 1. The Morgan fingerprint density at radius 2 is 1.96 bits per heavy atom. The maximum Gasteiger partial charge on any atom is 0.329 e. The minimum absolute atomic E-state index is 0.181. The van der Waals surface area contributed by atoms with Crippen molar-refractivity contribution in [2.75, 3.05) is 0 Å². The molecule has 0 unspecified atom stereocenters. The van der Waals surface area contributed by atoms with Gasteiger partial charge in [0.05, 0.1) is 16.7 Å². The first kappa shape index (κ1) is 18.1. The van der Waals surface area contributed by atoms with Gasteiger partial charge < -0.3 is 20.6 Å². The van der Waals surface area contributed by atoms with Gasteiger partial charge in [0.1, 0.15) is 6.04 Å². The molecule has 0 aliphatic carbocycles. The fourth-order valence-corrected chi connectivity index (χ4v) is 3.39. The Balaban J connectivity index is 2.62. The lowest BCUT2D eigenvalue weighted by atomic mass is 10.0. The molecule has 1 heterocycles. The van der Waals surface area contributed by atoms with Crippen LogP contribution in [-0.2, 0) is 21.9 Å². The lowest BCUT2D eigenvalue weighted by molar-refractivity contribution is -0.138. The van der Waals surface area contributed by atoms with Gasteiger partial charge in [0.2, 0.25) is 0 Å².